The van der Waals surface area contributed by atoms with E-state index in [2.05, 4.69) is 10.3 Å². The Balaban J connectivity index is 0.00000176. The molecule has 120 valence electrons. The second-order valence-electron chi connectivity index (χ2n) is 4.88. The predicted molar refractivity (Wildman–Crippen MR) is 86.6 cm³/mol. The lowest BCUT2D eigenvalue weighted by Crippen LogP contribution is -2.35. The molecule has 3 rings (SSSR count). The quantitative estimate of drug-likeness (QED) is 0.662. The predicted octanol–water partition coefficient (Wildman–Crippen LogP) is 2.15. The van der Waals surface area contributed by atoms with E-state index in [1.165, 1.54) is 12.1 Å². The Morgan fingerprint density at radius 3 is 2.64 bits per heavy atom. The van der Waals surface area contributed by atoms with Gasteiger partial charge in [-0.15, -0.1) is 23.7 Å². The summed E-state index contributed by atoms with van der Waals surface area (Å²) in [6.45, 7) is 1.36. The molecular formula is C12H14ClN3O4S2. The Hall–Kier alpha value is -1.29. The van der Waals surface area contributed by atoms with Crippen molar-refractivity contribution in [2.45, 2.75) is 22.4 Å². The van der Waals surface area contributed by atoms with Crippen LogP contribution >= 0.6 is 23.7 Å². The van der Waals surface area contributed by atoms with Gasteiger partial charge >= 0.3 is 0 Å². The molecule has 1 aliphatic rings. The Morgan fingerprint density at radius 2 is 2.00 bits per heavy atom. The van der Waals surface area contributed by atoms with Crippen LogP contribution in [0.3, 0.4) is 0 Å². The first-order valence-electron chi connectivity index (χ1n) is 6.48. The highest BCUT2D eigenvalue weighted by Gasteiger charge is 2.31. The molecule has 1 saturated heterocycles. The van der Waals surface area contributed by atoms with Gasteiger partial charge in [0.15, 0.2) is 0 Å². The maximum absolute atomic E-state index is 12.6. The molecule has 2 heterocycles. The third-order valence-corrected chi connectivity index (χ3v) is 7.24. The standard InChI is InChI=1S/C12H13N3O4S2.ClH/c16-15(17)8-1-2-11-10(7-8)14-12(20-11)21(18,19)9-3-5-13-6-4-9;/h1-2,7,9,13H,3-6H2;1H. The maximum atomic E-state index is 12.6. The lowest BCUT2D eigenvalue weighted by Gasteiger charge is -2.21. The average molecular weight is 364 g/mol. The fraction of sp³-hybridized carbons (Fsp3) is 0.417. The summed E-state index contributed by atoms with van der Waals surface area (Å²) >= 11 is 1.08. The molecule has 0 bridgehead atoms. The van der Waals surface area contributed by atoms with Gasteiger partial charge in [0.1, 0.15) is 0 Å². The van der Waals surface area contributed by atoms with E-state index in [1.54, 1.807) is 6.07 Å². The number of nitrogens with zero attached hydrogens (tertiary/aromatic N) is 2. The van der Waals surface area contributed by atoms with Gasteiger partial charge in [0, 0.05) is 12.1 Å². The Morgan fingerprint density at radius 1 is 1.32 bits per heavy atom. The normalized spacial score (nSPS) is 16.4. The van der Waals surface area contributed by atoms with Gasteiger partial charge in [0.25, 0.3) is 5.69 Å². The fourth-order valence-corrected chi connectivity index (χ4v) is 5.56. The highest BCUT2D eigenvalue weighted by molar-refractivity contribution is 7.94. The third kappa shape index (κ3) is 3.07. The van der Waals surface area contributed by atoms with Crippen molar-refractivity contribution in [1.29, 1.82) is 0 Å². The number of thiazole rings is 1. The summed E-state index contributed by atoms with van der Waals surface area (Å²) in [4.78, 5) is 14.3. The van der Waals surface area contributed by atoms with Crippen LogP contribution in [0.2, 0.25) is 0 Å². The molecular weight excluding hydrogens is 350 g/mol. The number of nitro groups is 1. The van der Waals surface area contributed by atoms with Crippen LogP contribution in [-0.2, 0) is 9.84 Å². The molecule has 1 N–H and O–H groups in total. The molecule has 1 aromatic heterocycles. The van der Waals surface area contributed by atoms with Gasteiger partial charge < -0.3 is 5.32 Å². The summed E-state index contributed by atoms with van der Waals surface area (Å²) in [5, 5.41) is 13.5. The minimum Gasteiger partial charge on any atom is -0.317 e. The number of halogens is 1. The van der Waals surface area contributed by atoms with Gasteiger partial charge in [-0.05, 0) is 32.0 Å². The molecule has 0 radical (unpaired) electrons. The SMILES string of the molecule is Cl.O=[N+]([O-])c1ccc2sc(S(=O)(=O)C3CCNCC3)nc2c1. The second kappa shape index (κ2) is 6.45. The van der Waals surface area contributed by atoms with Crippen LogP contribution in [0.4, 0.5) is 5.69 Å². The number of benzene rings is 1. The number of non-ortho nitro benzene ring substituents is 1. The van der Waals surface area contributed by atoms with E-state index in [0.29, 0.717) is 36.1 Å². The molecule has 0 aliphatic carbocycles. The van der Waals surface area contributed by atoms with Crippen LogP contribution in [0.15, 0.2) is 22.5 Å². The van der Waals surface area contributed by atoms with E-state index >= 15 is 0 Å². The number of fused-ring (bicyclic) bond motifs is 1. The topological polar surface area (TPSA) is 102 Å². The zero-order valence-corrected chi connectivity index (χ0v) is 13.8. The van der Waals surface area contributed by atoms with Crippen LogP contribution in [0.25, 0.3) is 10.2 Å². The highest BCUT2D eigenvalue weighted by atomic mass is 35.5. The largest absolute Gasteiger partial charge is 0.317 e. The fourth-order valence-electron chi connectivity index (χ4n) is 2.38. The second-order valence-corrected chi connectivity index (χ2v) is 8.32. The zero-order chi connectivity index (χ0) is 15.0. The smallest absolute Gasteiger partial charge is 0.271 e. The van der Waals surface area contributed by atoms with Crippen molar-refractivity contribution in [3.05, 3.63) is 28.3 Å². The van der Waals surface area contributed by atoms with Crippen molar-refractivity contribution in [2.24, 2.45) is 0 Å². The first-order valence-corrected chi connectivity index (χ1v) is 8.84. The molecule has 0 atom stereocenters. The van der Waals surface area contributed by atoms with Crippen LogP contribution < -0.4 is 5.32 Å². The van der Waals surface area contributed by atoms with Crippen molar-refractivity contribution < 1.29 is 13.3 Å². The lowest BCUT2D eigenvalue weighted by atomic mass is 10.2. The zero-order valence-electron chi connectivity index (χ0n) is 11.4. The van der Waals surface area contributed by atoms with Crippen LogP contribution in [0, 0.1) is 10.1 Å². The first kappa shape index (κ1) is 17.1. The monoisotopic (exact) mass is 363 g/mol. The number of nitro benzene ring substituents is 1. The number of sulfone groups is 1. The summed E-state index contributed by atoms with van der Waals surface area (Å²) in [7, 11) is -3.46. The van der Waals surface area contributed by atoms with E-state index in [4.69, 9.17) is 0 Å². The van der Waals surface area contributed by atoms with E-state index in [9.17, 15) is 18.5 Å². The number of piperidine rings is 1. The number of rotatable bonds is 3. The van der Waals surface area contributed by atoms with Gasteiger partial charge in [-0.1, -0.05) is 0 Å². The summed E-state index contributed by atoms with van der Waals surface area (Å²) in [6, 6.07) is 4.22. The third-order valence-electron chi connectivity index (χ3n) is 3.53. The Labute approximate surface area is 137 Å². The summed E-state index contributed by atoms with van der Waals surface area (Å²) in [6.07, 6.45) is 1.14. The first-order chi connectivity index (χ1) is 9.98. The molecule has 2 aromatic rings. The van der Waals surface area contributed by atoms with Crippen molar-refractivity contribution in [2.75, 3.05) is 13.1 Å². The van der Waals surface area contributed by atoms with Crippen LogP contribution in [-0.4, -0.2) is 36.7 Å². The van der Waals surface area contributed by atoms with Gasteiger partial charge in [-0.3, -0.25) is 10.1 Å². The molecule has 0 unspecified atom stereocenters. The molecule has 0 spiro atoms. The molecule has 22 heavy (non-hydrogen) atoms. The highest BCUT2D eigenvalue weighted by Crippen LogP contribution is 2.31. The minimum absolute atomic E-state index is 0. The molecule has 0 amide bonds. The molecule has 1 aliphatic heterocycles. The number of nitrogens with one attached hydrogen (secondary N) is 1. The van der Waals surface area contributed by atoms with Crippen molar-refractivity contribution >= 4 is 49.5 Å². The van der Waals surface area contributed by atoms with Crippen molar-refractivity contribution in [1.82, 2.24) is 10.3 Å². The van der Waals surface area contributed by atoms with Crippen molar-refractivity contribution in [3.63, 3.8) is 0 Å². The average Bonchev–Trinajstić information content (AvgIpc) is 2.91. The molecule has 10 heteroatoms. The number of hydrogen-bond acceptors (Lipinski definition) is 7. The maximum Gasteiger partial charge on any atom is 0.271 e. The van der Waals surface area contributed by atoms with E-state index in [0.717, 1.165) is 11.3 Å². The van der Waals surface area contributed by atoms with Gasteiger partial charge in [0.2, 0.25) is 14.2 Å². The van der Waals surface area contributed by atoms with Gasteiger partial charge in [0.05, 0.1) is 20.4 Å². The van der Waals surface area contributed by atoms with Crippen molar-refractivity contribution in [3.8, 4) is 0 Å². The number of aromatic nitrogens is 1. The minimum atomic E-state index is -3.46. The molecule has 1 aromatic carbocycles. The van der Waals surface area contributed by atoms with E-state index in [1.807, 2.05) is 0 Å². The van der Waals surface area contributed by atoms with Gasteiger partial charge in [-0.2, -0.15) is 0 Å². The van der Waals surface area contributed by atoms with E-state index < -0.39 is 20.0 Å². The Kier molecular flexibility index (Phi) is 5.00. The molecule has 1 fully saturated rings. The van der Waals surface area contributed by atoms with Crippen LogP contribution in [0.1, 0.15) is 12.8 Å². The summed E-state index contributed by atoms with van der Waals surface area (Å²) < 4.78 is 25.8. The summed E-state index contributed by atoms with van der Waals surface area (Å²) in [5.41, 5.74) is 0.278. The van der Waals surface area contributed by atoms with Crippen LogP contribution in [0.5, 0.6) is 0 Å². The summed E-state index contributed by atoms with van der Waals surface area (Å²) in [5.74, 6) is 0. The molecule has 0 saturated carbocycles. The Bertz CT molecular complexity index is 800. The van der Waals surface area contributed by atoms with E-state index in [-0.39, 0.29) is 22.4 Å². The number of hydrogen-bond donors (Lipinski definition) is 1. The molecule has 7 nitrogen and oxygen atoms in total. The van der Waals surface area contributed by atoms with Gasteiger partial charge in [-0.25, -0.2) is 13.4 Å². The lowest BCUT2D eigenvalue weighted by molar-refractivity contribution is -0.384.